The molecule has 2 rings (SSSR count). The zero-order valence-electron chi connectivity index (χ0n) is 13.7. The Kier molecular flexibility index (Phi) is 6.49. The standard InChI is InChI=1S/C19H17FN2O2S/c1-2-23-18-10-14(9-15(11-21)19(22)25)5-8-17(18)24-12-13-3-6-16(20)7-4-13/h3-10H,2,12H2,1H3,(H2,22,25)/b15-9-. The van der Waals surface area contributed by atoms with Gasteiger partial charge < -0.3 is 15.2 Å². The number of halogens is 1. The summed E-state index contributed by atoms with van der Waals surface area (Å²) < 4.78 is 24.3. The van der Waals surface area contributed by atoms with E-state index in [1.807, 2.05) is 13.0 Å². The predicted molar refractivity (Wildman–Crippen MR) is 98.7 cm³/mol. The van der Waals surface area contributed by atoms with E-state index in [9.17, 15) is 4.39 Å². The third kappa shape index (κ3) is 5.30. The van der Waals surface area contributed by atoms with E-state index < -0.39 is 0 Å². The van der Waals surface area contributed by atoms with Crippen LogP contribution in [0.1, 0.15) is 18.1 Å². The number of nitrogens with zero attached hydrogens (tertiary/aromatic N) is 1. The minimum absolute atomic E-state index is 0.0390. The van der Waals surface area contributed by atoms with Crippen molar-refractivity contribution in [2.75, 3.05) is 6.61 Å². The Bertz CT molecular complexity index is 826. The summed E-state index contributed by atoms with van der Waals surface area (Å²) in [6.07, 6.45) is 1.59. The van der Waals surface area contributed by atoms with Gasteiger partial charge in [-0.15, -0.1) is 0 Å². The molecule has 4 nitrogen and oxygen atoms in total. The molecule has 2 N–H and O–H groups in total. The van der Waals surface area contributed by atoms with Gasteiger partial charge in [-0.25, -0.2) is 4.39 Å². The molecule has 0 spiro atoms. The molecule has 6 heteroatoms. The fourth-order valence-corrected chi connectivity index (χ4v) is 2.17. The highest BCUT2D eigenvalue weighted by atomic mass is 32.1. The summed E-state index contributed by atoms with van der Waals surface area (Å²) >= 11 is 4.83. The smallest absolute Gasteiger partial charge is 0.161 e. The lowest BCUT2D eigenvalue weighted by Crippen LogP contribution is -2.09. The van der Waals surface area contributed by atoms with Crippen molar-refractivity contribution in [1.29, 1.82) is 5.26 Å². The number of rotatable bonds is 7. The van der Waals surface area contributed by atoms with Crippen molar-refractivity contribution in [2.45, 2.75) is 13.5 Å². The maximum absolute atomic E-state index is 12.9. The zero-order valence-corrected chi connectivity index (χ0v) is 14.5. The number of ether oxygens (including phenoxy) is 2. The molecule has 0 fully saturated rings. The molecule has 0 atom stereocenters. The molecule has 0 unspecified atom stereocenters. The minimum atomic E-state index is -0.291. The molecule has 0 aromatic heterocycles. The Morgan fingerprint density at radius 3 is 2.52 bits per heavy atom. The van der Waals surface area contributed by atoms with Gasteiger partial charge in [0.25, 0.3) is 0 Å². The second kappa shape index (κ2) is 8.81. The van der Waals surface area contributed by atoms with Crippen LogP contribution in [0.4, 0.5) is 4.39 Å². The number of nitrogens with two attached hydrogens (primary N) is 1. The number of thiocarbonyl (C=S) groups is 1. The third-order valence-electron chi connectivity index (χ3n) is 3.27. The molecule has 2 aromatic rings. The van der Waals surface area contributed by atoms with E-state index in [0.29, 0.717) is 18.1 Å². The van der Waals surface area contributed by atoms with Crippen LogP contribution in [-0.2, 0) is 6.61 Å². The highest BCUT2D eigenvalue weighted by Gasteiger charge is 2.08. The van der Waals surface area contributed by atoms with Gasteiger partial charge in [-0.2, -0.15) is 5.26 Å². The largest absolute Gasteiger partial charge is 0.490 e. The van der Waals surface area contributed by atoms with Gasteiger partial charge in [0, 0.05) is 0 Å². The fourth-order valence-electron chi connectivity index (χ4n) is 2.07. The summed E-state index contributed by atoms with van der Waals surface area (Å²) in [6, 6.07) is 13.3. The molecule has 0 aliphatic rings. The molecule has 0 amide bonds. The van der Waals surface area contributed by atoms with Crippen LogP contribution < -0.4 is 15.2 Å². The summed E-state index contributed by atoms with van der Waals surface area (Å²) in [4.78, 5) is 0.0390. The van der Waals surface area contributed by atoms with Crippen LogP contribution in [0.2, 0.25) is 0 Å². The fraction of sp³-hybridized carbons (Fsp3) is 0.158. The molecular weight excluding hydrogens is 339 g/mol. The first-order valence-electron chi connectivity index (χ1n) is 7.59. The SMILES string of the molecule is CCOc1cc(/C=C(/C#N)C(N)=S)ccc1OCc1ccc(F)cc1. The van der Waals surface area contributed by atoms with Gasteiger partial charge in [-0.1, -0.05) is 30.4 Å². The highest BCUT2D eigenvalue weighted by Crippen LogP contribution is 2.30. The number of hydrogen-bond acceptors (Lipinski definition) is 4. The van der Waals surface area contributed by atoms with E-state index in [1.54, 1.807) is 36.4 Å². The molecule has 0 aliphatic heterocycles. The van der Waals surface area contributed by atoms with Gasteiger partial charge in [0.1, 0.15) is 23.5 Å². The number of hydrogen-bond donors (Lipinski definition) is 1. The average Bonchev–Trinajstić information content (AvgIpc) is 2.60. The van der Waals surface area contributed by atoms with Crippen molar-refractivity contribution >= 4 is 23.3 Å². The Hall–Kier alpha value is -2.91. The Morgan fingerprint density at radius 1 is 1.20 bits per heavy atom. The van der Waals surface area contributed by atoms with E-state index >= 15 is 0 Å². The van der Waals surface area contributed by atoms with E-state index in [0.717, 1.165) is 11.1 Å². The summed E-state index contributed by atoms with van der Waals surface area (Å²) in [7, 11) is 0. The van der Waals surface area contributed by atoms with Crippen LogP contribution in [-0.4, -0.2) is 11.6 Å². The van der Waals surface area contributed by atoms with Crippen molar-refractivity contribution in [2.24, 2.45) is 5.73 Å². The molecule has 2 aromatic carbocycles. The summed E-state index contributed by atoms with van der Waals surface area (Å²) in [5.74, 6) is 0.803. The Morgan fingerprint density at radius 2 is 1.92 bits per heavy atom. The molecule has 0 radical (unpaired) electrons. The van der Waals surface area contributed by atoms with Crippen LogP contribution in [0.25, 0.3) is 6.08 Å². The second-order valence-corrected chi connectivity index (χ2v) is 5.53. The Balaban J connectivity index is 2.22. The molecule has 0 bridgehead atoms. The minimum Gasteiger partial charge on any atom is -0.490 e. The number of benzene rings is 2. The maximum Gasteiger partial charge on any atom is 0.161 e. The van der Waals surface area contributed by atoms with Gasteiger partial charge >= 0.3 is 0 Å². The first kappa shape index (κ1) is 18.4. The second-order valence-electron chi connectivity index (χ2n) is 5.09. The average molecular weight is 356 g/mol. The van der Waals surface area contributed by atoms with Crippen LogP contribution >= 0.6 is 12.2 Å². The van der Waals surface area contributed by atoms with Crippen LogP contribution in [0, 0.1) is 17.1 Å². The molecule has 0 saturated heterocycles. The van der Waals surface area contributed by atoms with Crippen LogP contribution in [0.5, 0.6) is 11.5 Å². The lowest BCUT2D eigenvalue weighted by Gasteiger charge is -2.13. The number of nitriles is 1. The molecule has 128 valence electrons. The first-order valence-corrected chi connectivity index (χ1v) is 8.00. The highest BCUT2D eigenvalue weighted by molar-refractivity contribution is 7.80. The van der Waals surface area contributed by atoms with Crippen molar-refractivity contribution in [3.05, 3.63) is 65.0 Å². The zero-order chi connectivity index (χ0) is 18.2. The summed E-state index contributed by atoms with van der Waals surface area (Å²) in [5, 5.41) is 9.05. The van der Waals surface area contributed by atoms with E-state index in [1.165, 1.54) is 12.1 Å². The van der Waals surface area contributed by atoms with E-state index in [2.05, 4.69) is 0 Å². The lowest BCUT2D eigenvalue weighted by atomic mass is 10.1. The van der Waals surface area contributed by atoms with Crippen molar-refractivity contribution in [3.63, 3.8) is 0 Å². The normalized spacial score (nSPS) is 10.8. The maximum atomic E-state index is 12.9. The van der Waals surface area contributed by atoms with Crippen molar-refractivity contribution in [1.82, 2.24) is 0 Å². The monoisotopic (exact) mass is 356 g/mol. The van der Waals surface area contributed by atoms with Gasteiger partial charge in [0.15, 0.2) is 11.5 Å². The van der Waals surface area contributed by atoms with Gasteiger partial charge in [0.05, 0.1) is 12.2 Å². The lowest BCUT2D eigenvalue weighted by molar-refractivity contribution is 0.269. The molecule has 0 heterocycles. The van der Waals surface area contributed by atoms with Crippen molar-refractivity contribution in [3.8, 4) is 17.6 Å². The van der Waals surface area contributed by atoms with E-state index in [-0.39, 0.29) is 23.0 Å². The predicted octanol–water partition coefficient (Wildman–Crippen LogP) is 4.00. The van der Waals surface area contributed by atoms with Gasteiger partial charge in [-0.3, -0.25) is 0 Å². The Labute approximate surface area is 151 Å². The molecule has 0 aliphatic carbocycles. The first-order chi connectivity index (χ1) is 12.0. The van der Waals surface area contributed by atoms with Gasteiger partial charge in [-0.05, 0) is 48.4 Å². The summed E-state index contributed by atoms with van der Waals surface area (Å²) in [6.45, 7) is 2.61. The van der Waals surface area contributed by atoms with Crippen LogP contribution in [0.15, 0.2) is 48.0 Å². The van der Waals surface area contributed by atoms with E-state index in [4.69, 9.17) is 32.7 Å². The quantitative estimate of drug-likeness (QED) is 0.461. The summed E-state index contributed by atoms with van der Waals surface area (Å²) in [5.41, 5.74) is 7.29. The van der Waals surface area contributed by atoms with Gasteiger partial charge in [0.2, 0.25) is 0 Å². The third-order valence-corrected chi connectivity index (χ3v) is 3.49. The van der Waals surface area contributed by atoms with Crippen LogP contribution in [0.3, 0.4) is 0 Å². The molecule has 25 heavy (non-hydrogen) atoms. The van der Waals surface area contributed by atoms with Crippen molar-refractivity contribution < 1.29 is 13.9 Å². The molecular formula is C19H17FN2O2S. The molecule has 0 saturated carbocycles. The topological polar surface area (TPSA) is 68.3 Å².